The lowest BCUT2D eigenvalue weighted by Gasteiger charge is -2.12. The number of aromatic nitrogens is 2. The van der Waals surface area contributed by atoms with E-state index in [0.717, 1.165) is 12.1 Å². The number of nitrogens with zero attached hydrogens (tertiary/aromatic N) is 2. The fourth-order valence-electron chi connectivity index (χ4n) is 2.27. The Kier molecular flexibility index (Phi) is 5.00. The van der Waals surface area contributed by atoms with Crippen LogP contribution < -0.4 is 10.3 Å². The van der Waals surface area contributed by atoms with E-state index in [0.29, 0.717) is 10.7 Å². The summed E-state index contributed by atoms with van der Waals surface area (Å²) in [5.74, 6) is -1.71. The van der Waals surface area contributed by atoms with Gasteiger partial charge in [-0.25, -0.2) is 13.8 Å². The Bertz CT molecular complexity index is 1080. The maximum atomic E-state index is 13.4. The van der Waals surface area contributed by atoms with E-state index in [1.807, 2.05) is 6.07 Å². The van der Waals surface area contributed by atoms with Gasteiger partial charge in [0, 0.05) is 11.6 Å². The molecule has 1 N–H and O–H groups in total. The highest BCUT2D eigenvalue weighted by atomic mass is 32.2. The number of benzene rings is 2. The average molecular weight is 371 g/mol. The van der Waals surface area contributed by atoms with Crippen LogP contribution in [0.15, 0.2) is 52.4 Å². The maximum absolute atomic E-state index is 13.4. The summed E-state index contributed by atoms with van der Waals surface area (Å²) >= 11 is 1.22. The van der Waals surface area contributed by atoms with Crippen LogP contribution in [0.25, 0.3) is 11.3 Å². The third-order valence-electron chi connectivity index (χ3n) is 3.46. The van der Waals surface area contributed by atoms with E-state index >= 15 is 0 Å². The normalized spacial score (nSPS) is 10.4. The smallest absolute Gasteiger partial charge is 0.270 e. The number of thioether (sulfide) groups is 1. The molecule has 8 heteroatoms. The number of para-hydroxylation sites is 1. The zero-order valence-corrected chi connectivity index (χ0v) is 14.2. The van der Waals surface area contributed by atoms with Crippen molar-refractivity contribution in [2.45, 2.75) is 5.16 Å². The second-order valence-corrected chi connectivity index (χ2v) is 5.88. The van der Waals surface area contributed by atoms with Gasteiger partial charge in [0.05, 0.1) is 0 Å². The molecule has 0 aliphatic carbocycles. The Hall–Kier alpha value is -3.18. The standard InChI is InChI=1S/C18H11F2N3O2S/c1-26-18-22-16(12(9-21)17(24)23-18)11-4-2-3-5-15(11)25-10-6-7-13(19)14(20)8-10/h2-8H,1H3,(H,22,23,24). The fraction of sp³-hybridized carbons (Fsp3) is 0.0556. The molecule has 0 bridgehead atoms. The maximum Gasteiger partial charge on any atom is 0.270 e. The summed E-state index contributed by atoms with van der Waals surface area (Å²) in [5, 5.41) is 9.66. The first-order valence-corrected chi connectivity index (χ1v) is 8.56. The van der Waals surface area contributed by atoms with E-state index in [1.165, 1.54) is 17.8 Å². The molecular weight excluding hydrogens is 360 g/mol. The van der Waals surface area contributed by atoms with Gasteiger partial charge in [-0.3, -0.25) is 4.79 Å². The second-order valence-electron chi connectivity index (χ2n) is 5.08. The minimum atomic E-state index is -1.04. The van der Waals surface area contributed by atoms with Gasteiger partial charge in [0.1, 0.15) is 28.8 Å². The van der Waals surface area contributed by atoms with E-state index in [1.54, 1.807) is 30.5 Å². The van der Waals surface area contributed by atoms with Crippen LogP contribution >= 0.6 is 11.8 Å². The molecule has 0 saturated heterocycles. The number of rotatable bonds is 4. The van der Waals surface area contributed by atoms with Crippen molar-refractivity contribution in [1.29, 1.82) is 5.26 Å². The van der Waals surface area contributed by atoms with Gasteiger partial charge in [-0.15, -0.1) is 0 Å². The van der Waals surface area contributed by atoms with Gasteiger partial charge in [-0.1, -0.05) is 23.9 Å². The monoisotopic (exact) mass is 371 g/mol. The van der Waals surface area contributed by atoms with Crippen molar-refractivity contribution in [2.24, 2.45) is 0 Å². The number of ether oxygens (including phenoxy) is 1. The Morgan fingerprint density at radius 2 is 1.96 bits per heavy atom. The van der Waals surface area contributed by atoms with E-state index in [2.05, 4.69) is 9.97 Å². The topological polar surface area (TPSA) is 78.8 Å². The lowest BCUT2D eigenvalue weighted by atomic mass is 10.1. The van der Waals surface area contributed by atoms with Crippen molar-refractivity contribution in [1.82, 2.24) is 9.97 Å². The first-order chi connectivity index (χ1) is 12.5. The molecule has 0 radical (unpaired) electrons. The molecular formula is C18H11F2N3O2S. The summed E-state index contributed by atoms with van der Waals surface area (Å²) in [4.78, 5) is 18.9. The van der Waals surface area contributed by atoms with Crippen LogP contribution in [0.4, 0.5) is 8.78 Å². The summed E-state index contributed by atoms with van der Waals surface area (Å²) in [6.45, 7) is 0. The van der Waals surface area contributed by atoms with Crippen molar-refractivity contribution < 1.29 is 13.5 Å². The van der Waals surface area contributed by atoms with Crippen molar-refractivity contribution in [3.05, 3.63) is 70.0 Å². The highest BCUT2D eigenvalue weighted by Crippen LogP contribution is 2.34. The van der Waals surface area contributed by atoms with Crippen molar-refractivity contribution >= 4 is 11.8 Å². The summed E-state index contributed by atoms with van der Waals surface area (Å²) < 4.78 is 32.1. The number of nitriles is 1. The molecule has 3 rings (SSSR count). The van der Waals surface area contributed by atoms with Crippen LogP contribution in [0.3, 0.4) is 0 Å². The highest BCUT2D eigenvalue weighted by Gasteiger charge is 2.17. The van der Waals surface area contributed by atoms with Crippen LogP contribution in [0.2, 0.25) is 0 Å². The molecule has 26 heavy (non-hydrogen) atoms. The summed E-state index contributed by atoms with van der Waals surface area (Å²) in [6.07, 6.45) is 1.73. The molecule has 0 spiro atoms. The Morgan fingerprint density at radius 3 is 2.65 bits per heavy atom. The third kappa shape index (κ3) is 3.43. The number of halogens is 2. The molecule has 0 aliphatic heterocycles. The molecule has 1 heterocycles. The van der Waals surface area contributed by atoms with Gasteiger partial charge in [0.2, 0.25) is 0 Å². The summed E-state index contributed by atoms with van der Waals surface area (Å²) in [7, 11) is 0. The minimum Gasteiger partial charge on any atom is -0.457 e. The number of H-pyrrole nitrogens is 1. The van der Waals surface area contributed by atoms with Crippen LogP contribution in [-0.4, -0.2) is 16.2 Å². The lowest BCUT2D eigenvalue weighted by Crippen LogP contribution is -2.14. The molecule has 0 fully saturated rings. The van der Waals surface area contributed by atoms with Gasteiger partial charge in [-0.2, -0.15) is 5.26 Å². The zero-order chi connectivity index (χ0) is 18.7. The number of hydrogen-bond acceptors (Lipinski definition) is 5. The molecule has 0 unspecified atom stereocenters. The molecule has 0 saturated carbocycles. The highest BCUT2D eigenvalue weighted by molar-refractivity contribution is 7.98. The molecule has 130 valence electrons. The quantitative estimate of drug-likeness (QED) is 0.552. The molecule has 0 aliphatic rings. The second kappa shape index (κ2) is 7.37. The number of aromatic amines is 1. The predicted molar refractivity (Wildman–Crippen MR) is 93.2 cm³/mol. The number of nitrogens with one attached hydrogen (secondary N) is 1. The lowest BCUT2D eigenvalue weighted by molar-refractivity contribution is 0.462. The molecule has 1 aromatic heterocycles. The van der Waals surface area contributed by atoms with Gasteiger partial charge in [-0.05, 0) is 30.5 Å². The number of hydrogen-bond donors (Lipinski definition) is 1. The molecule has 5 nitrogen and oxygen atoms in total. The molecule has 2 aromatic carbocycles. The minimum absolute atomic E-state index is 0.0739. The Morgan fingerprint density at radius 1 is 1.19 bits per heavy atom. The zero-order valence-electron chi connectivity index (χ0n) is 13.4. The largest absolute Gasteiger partial charge is 0.457 e. The van der Waals surface area contributed by atoms with Gasteiger partial charge < -0.3 is 9.72 Å². The van der Waals surface area contributed by atoms with Crippen molar-refractivity contribution in [2.75, 3.05) is 6.26 Å². The van der Waals surface area contributed by atoms with Crippen LogP contribution in [0.1, 0.15) is 5.56 Å². The van der Waals surface area contributed by atoms with E-state index in [9.17, 15) is 18.8 Å². The van der Waals surface area contributed by atoms with Gasteiger partial charge >= 0.3 is 0 Å². The average Bonchev–Trinajstić information content (AvgIpc) is 2.64. The molecule has 0 amide bonds. The van der Waals surface area contributed by atoms with Crippen molar-refractivity contribution in [3.8, 4) is 28.8 Å². The van der Waals surface area contributed by atoms with E-state index < -0.39 is 17.2 Å². The van der Waals surface area contributed by atoms with E-state index in [4.69, 9.17) is 4.74 Å². The van der Waals surface area contributed by atoms with Gasteiger partial charge in [0.25, 0.3) is 5.56 Å². The summed E-state index contributed by atoms with van der Waals surface area (Å²) in [5.41, 5.74) is -0.192. The molecule has 0 atom stereocenters. The molecule has 3 aromatic rings. The van der Waals surface area contributed by atoms with Crippen LogP contribution in [-0.2, 0) is 0 Å². The summed E-state index contributed by atoms with van der Waals surface area (Å²) in [6, 6.07) is 11.6. The van der Waals surface area contributed by atoms with Crippen LogP contribution in [0.5, 0.6) is 11.5 Å². The van der Waals surface area contributed by atoms with Crippen LogP contribution in [0, 0.1) is 23.0 Å². The van der Waals surface area contributed by atoms with Gasteiger partial charge in [0.15, 0.2) is 16.8 Å². The van der Waals surface area contributed by atoms with Crippen molar-refractivity contribution in [3.63, 3.8) is 0 Å². The third-order valence-corrected chi connectivity index (χ3v) is 4.04. The first-order valence-electron chi connectivity index (χ1n) is 7.34. The predicted octanol–water partition coefficient (Wildman–Crippen LogP) is 4.10. The Labute approximate surface area is 151 Å². The first kappa shape index (κ1) is 17.6. The SMILES string of the molecule is CSc1nc(-c2ccccc2Oc2ccc(F)c(F)c2)c(C#N)c(=O)[nH]1. The van der Waals surface area contributed by atoms with E-state index in [-0.39, 0.29) is 22.8 Å². The fourth-order valence-corrected chi connectivity index (χ4v) is 2.64. The Balaban J connectivity index is 2.14.